The lowest BCUT2D eigenvalue weighted by Crippen LogP contribution is -2.35. The highest BCUT2D eigenvalue weighted by Crippen LogP contribution is 2.49. The van der Waals surface area contributed by atoms with Crippen molar-refractivity contribution in [3.05, 3.63) is 24.3 Å². The predicted octanol–water partition coefficient (Wildman–Crippen LogP) is 1.85. The zero-order valence-electron chi connectivity index (χ0n) is 10.7. The Morgan fingerprint density at radius 1 is 1.47 bits per heavy atom. The summed E-state index contributed by atoms with van der Waals surface area (Å²) in [6.07, 6.45) is 2.42. The number of benzene rings is 1. The van der Waals surface area contributed by atoms with Gasteiger partial charge in [0.1, 0.15) is 6.54 Å². The van der Waals surface area contributed by atoms with Crippen LogP contribution in [0.15, 0.2) is 24.3 Å². The quantitative estimate of drug-likeness (QED) is 0.761. The summed E-state index contributed by atoms with van der Waals surface area (Å²) in [5.41, 5.74) is 7.16. The number of aliphatic carboxylic acids is 1. The van der Waals surface area contributed by atoms with Crippen LogP contribution in [0, 0.1) is 16.7 Å². The van der Waals surface area contributed by atoms with Gasteiger partial charge in [-0.2, -0.15) is 5.26 Å². The second-order valence-electron chi connectivity index (χ2n) is 5.14. The molecule has 0 unspecified atom stereocenters. The Morgan fingerprint density at radius 2 is 2.16 bits per heavy atom. The zero-order chi connectivity index (χ0) is 13.9. The molecule has 0 amide bonds. The SMILES string of the molecule is N#CCC1(CN(CC(=O)O)c2ccccc2N)CC1. The Bertz CT molecular complexity index is 518. The van der Waals surface area contributed by atoms with Crippen LogP contribution in [0.2, 0.25) is 0 Å². The van der Waals surface area contributed by atoms with Crippen LogP contribution in [0.5, 0.6) is 0 Å². The van der Waals surface area contributed by atoms with E-state index in [-0.39, 0.29) is 12.0 Å². The highest BCUT2D eigenvalue weighted by atomic mass is 16.4. The molecule has 0 radical (unpaired) electrons. The van der Waals surface area contributed by atoms with Crippen LogP contribution in [0.3, 0.4) is 0 Å². The summed E-state index contributed by atoms with van der Waals surface area (Å²) in [4.78, 5) is 12.8. The summed E-state index contributed by atoms with van der Waals surface area (Å²) in [6, 6.07) is 9.43. The van der Waals surface area contributed by atoms with Crippen molar-refractivity contribution >= 4 is 17.3 Å². The Kier molecular flexibility index (Phi) is 3.61. The molecule has 3 N–H and O–H groups in total. The summed E-state index contributed by atoms with van der Waals surface area (Å²) in [5.74, 6) is -0.893. The van der Waals surface area contributed by atoms with Crippen molar-refractivity contribution in [2.24, 2.45) is 5.41 Å². The third kappa shape index (κ3) is 3.16. The molecule has 5 nitrogen and oxygen atoms in total. The van der Waals surface area contributed by atoms with E-state index in [1.54, 1.807) is 11.0 Å². The molecule has 1 aromatic rings. The minimum Gasteiger partial charge on any atom is -0.480 e. The van der Waals surface area contributed by atoms with Gasteiger partial charge in [0.2, 0.25) is 0 Å². The van der Waals surface area contributed by atoms with Gasteiger partial charge in [-0.1, -0.05) is 12.1 Å². The molecule has 2 rings (SSSR count). The molecular weight excluding hydrogens is 242 g/mol. The van der Waals surface area contributed by atoms with Gasteiger partial charge in [0, 0.05) is 18.4 Å². The Labute approximate surface area is 112 Å². The van der Waals surface area contributed by atoms with Crippen LogP contribution in [-0.2, 0) is 4.79 Å². The number of carboxylic acid groups (broad SMARTS) is 1. The number of hydrogen-bond acceptors (Lipinski definition) is 4. The van der Waals surface area contributed by atoms with Crippen LogP contribution in [-0.4, -0.2) is 24.2 Å². The lowest BCUT2D eigenvalue weighted by atomic mass is 10.0. The first-order valence-corrected chi connectivity index (χ1v) is 6.24. The van der Waals surface area contributed by atoms with Crippen LogP contribution in [0.4, 0.5) is 11.4 Å². The zero-order valence-corrected chi connectivity index (χ0v) is 10.7. The first-order valence-electron chi connectivity index (χ1n) is 6.24. The number of anilines is 2. The molecule has 1 saturated carbocycles. The molecule has 0 bridgehead atoms. The first kappa shape index (κ1) is 13.2. The van der Waals surface area contributed by atoms with E-state index in [2.05, 4.69) is 6.07 Å². The topological polar surface area (TPSA) is 90.3 Å². The molecule has 1 aromatic carbocycles. The molecule has 0 aliphatic heterocycles. The van der Waals surface area contributed by atoms with Gasteiger partial charge in [-0.25, -0.2) is 0 Å². The number of nitrogen functional groups attached to an aromatic ring is 1. The van der Waals surface area contributed by atoms with Crippen molar-refractivity contribution in [2.75, 3.05) is 23.7 Å². The van der Waals surface area contributed by atoms with Gasteiger partial charge in [-0.05, 0) is 25.0 Å². The summed E-state index contributed by atoms with van der Waals surface area (Å²) in [7, 11) is 0. The van der Waals surface area contributed by atoms with Crippen molar-refractivity contribution in [1.82, 2.24) is 0 Å². The number of nitriles is 1. The van der Waals surface area contributed by atoms with Gasteiger partial charge in [-0.3, -0.25) is 4.79 Å². The van der Waals surface area contributed by atoms with Crippen molar-refractivity contribution < 1.29 is 9.90 Å². The largest absolute Gasteiger partial charge is 0.480 e. The summed E-state index contributed by atoms with van der Waals surface area (Å²) in [5, 5.41) is 17.9. The maximum Gasteiger partial charge on any atom is 0.323 e. The van der Waals surface area contributed by atoms with Gasteiger partial charge in [0.05, 0.1) is 17.4 Å². The monoisotopic (exact) mass is 259 g/mol. The fourth-order valence-electron chi connectivity index (χ4n) is 2.31. The molecule has 19 heavy (non-hydrogen) atoms. The molecule has 1 aliphatic carbocycles. The van der Waals surface area contributed by atoms with Gasteiger partial charge in [0.15, 0.2) is 0 Å². The van der Waals surface area contributed by atoms with E-state index in [0.717, 1.165) is 18.5 Å². The van der Waals surface area contributed by atoms with Crippen molar-refractivity contribution in [3.63, 3.8) is 0 Å². The summed E-state index contributed by atoms with van der Waals surface area (Å²) >= 11 is 0. The van der Waals surface area contributed by atoms with Gasteiger partial charge >= 0.3 is 5.97 Å². The number of para-hydroxylation sites is 2. The molecule has 5 heteroatoms. The van der Waals surface area contributed by atoms with Gasteiger partial charge in [0.25, 0.3) is 0 Å². The van der Waals surface area contributed by atoms with E-state index in [1.807, 2.05) is 18.2 Å². The predicted molar refractivity (Wildman–Crippen MR) is 72.6 cm³/mol. The van der Waals surface area contributed by atoms with E-state index in [0.29, 0.717) is 18.7 Å². The molecule has 1 fully saturated rings. The Hall–Kier alpha value is -2.22. The standard InChI is InChI=1S/C14H17N3O2/c15-8-7-14(5-6-14)10-17(9-13(18)19)12-4-2-1-3-11(12)16/h1-4H,5-7,9-10,16H2,(H,18,19). The van der Waals surface area contributed by atoms with Crippen LogP contribution in [0.1, 0.15) is 19.3 Å². The molecule has 0 heterocycles. The van der Waals surface area contributed by atoms with Crippen molar-refractivity contribution in [2.45, 2.75) is 19.3 Å². The number of carboxylic acids is 1. The van der Waals surface area contributed by atoms with E-state index in [9.17, 15) is 4.79 Å². The maximum absolute atomic E-state index is 11.0. The number of rotatable bonds is 6. The molecule has 100 valence electrons. The Morgan fingerprint density at radius 3 is 2.68 bits per heavy atom. The lowest BCUT2D eigenvalue weighted by molar-refractivity contribution is -0.135. The maximum atomic E-state index is 11.0. The second kappa shape index (κ2) is 5.19. The van der Waals surface area contributed by atoms with Crippen molar-refractivity contribution in [3.8, 4) is 6.07 Å². The minimum absolute atomic E-state index is 0.0491. The molecule has 0 atom stereocenters. The molecular formula is C14H17N3O2. The van der Waals surface area contributed by atoms with E-state index >= 15 is 0 Å². The fraction of sp³-hybridized carbons (Fsp3) is 0.429. The second-order valence-corrected chi connectivity index (χ2v) is 5.14. The minimum atomic E-state index is -0.893. The van der Waals surface area contributed by atoms with Crippen LogP contribution >= 0.6 is 0 Å². The number of carbonyl (C=O) groups is 1. The highest BCUT2D eigenvalue weighted by molar-refractivity contribution is 5.77. The fourth-order valence-corrected chi connectivity index (χ4v) is 2.31. The summed E-state index contributed by atoms with van der Waals surface area (Å²) in [6.45, 7) is 0.475. The van der Waals surface area contributed by atoms with E-state index < -0.39 is 5.97 Å². The molecule has 0 spiro atoms. The third-order valence-electron chi connectivity index (χ3n) is 3.54. The highest BCUT2D eigenvalue weighted by Gasteiger charge is 2.44. The molecule has 1 aliphatic rings. The smallest absolute Gasteiger partial charge is 0.323 e. The lowest BCUT2D eigenvalue weighted by Gasteiger charge is -2.28. The number of hydrogen-bond donors (Lipinski definition) is 2. The summed E-state index contributed by atoms with van der Waals surface area (Å²) < 4.78 is 0. The molecule has 0 aromatic heterocycles. The van der Waals surface area contributed by atoms with Gasteiger partial charge in [-0.15, -0.1) is 0 Å². The average Bonchev–Trinajstić information content (AvgIpc) is 3.08. The average molecular weight is 259 g/mol. The van der Waals surface area contributed by atoms with E-state index in [1.165, 1.54) is 0 Å². The Balaban J connectivity index is 2.20. The number of nitrogens with zero attached hydrogens (tertiary/aromatic N) is 2. The normalized spacial score (nSPS) is 15.5. The first-order chi connectivity index (χ1) is 9.06. The number of nitrogens with two attached hydrogens (primary N) is 1. The molecule has 0 saturated heterocycles. The van der Waals surface area contributed by atoms with Crippen LogP contribution < -0.4 is 10.6 Å². The van der Waals surface area contributed by atoms with E-state index in [4.69, 9.17) is 16.1 Å². The van der Waals surface area contributed by atoms with Crippen LogP contribution in [0.25, 0.3) is 0 Å². The van der Waals surface area contributed by atoms with Crippen molar-refractivity contribution in [1.29, 1.82) is 5.26 Å². The van der Waals surface area contributed by atoms with Gasteiger partial charge < -0.3 is 15.7 Å². The third-order valence-corrected chi connectivity index (χ3v) is 3.54.